The Kier molecular flexibility index (Phi) is 6.65. The number of methoxy groups -OCH3 is 2. The van der Waals surface area contributed by atoms with Gasteiger partial charge >= 0.3 is 0 Å². The molecule has 2 amide bonds. The normalized spacial score (nSPS) is 13.2. The van der Waals surface area contributed by atoms with Crippen molar-refractivity contribution in [2.45, 2.75) is 25.3 Å². The second kappa shape index (κ2) is 9.36. The first-order chi connectivity index (χ1) is 13.6. The zero-order chi connectivity index (χ0) is 19.9. The summed E-state index contributed by atoms with van der Waals surface area (Å²) in [5, 5.41) is 6.84. The van der Waals surface area contributed by atoms with Crippen molar-refractivity contribution in [1.82, 2.24) is 15.4 Å². The summed E-state index contributed by atoms with van der Waals surface area (Å²) in [5.74, 6) is 0.885. The van der Waals surface area contributed by atoms with Gasteiger partial charge < -0.3 is 24.2 Å². The zero-order valence-corrected chi connectivity index (χ0v) is 16.1. The number of benzene rings is 1. The van der Waals surface area contributed by atoms with Crippen LogP contribution in [0, 0.1) is 0 Å². The fraction of sp³-hybridized carbons (Fsp3) is 0.450. The standard InChI is InChI=1S/C20H25N3O5/c1-26-12-11-23(10-9-19(24)21-15-5-6-15)20(25)17-13-18(28-22-17)14-3-7-16(27-2)8-4-14/h3-4,7-8,13,15H,5-6,9-12H2,1-2H3,(H,21,24). The van der Waals surface area contributed by atoms with Crippen molar-refractivity contribution in [3.05, 3.63) is 36.0 Å². The summed E-state index contributed by atoms with van der Waals surface area (Å²) in [6.45, 7) is 1.04. The van der Waals surface area contributed by atoms with E-state index in [2.05, 4.69) is 10.5 Å². The van der Waals surface area contributed by atoms with E-state index >= 15 is 0 Å². The molecule has 0 radical (unpaired) electrons. The van der Waals surface area contributed by atoms with E-state index in [1.54, 1.807) is 25.2 Å². The van der Waals surface area contributed by atoms with Gasteiger partial charge in [-0.2, -0.15) is 0 Å². The highest BCUT2D eigenvalue weighted by Crippen LogP contribution is 2.23. The molecule has 0 atom stereocenters. The summed E-state index contributed by atoms with van der Waals surface area (Å²) in [5.41, 5.74) is 0.990. The lowest BCUT2D eigenvalue weighted by Crippen LogP contribution is -2.37. The third-order valence-electron chi connectivity index (χ3n) is 4.51. The Morgan fingerprint density at radius 2 is 1.96 bits per heavy atom. The quantitative estimate of drug-likeness (QED) is 0.671. The van der Waals surface area contributed by atoms with Gasteiger partial charge in [0.15, 0.2) is 11.5 Å². The van der Waals surface area contributed by atoms with Crippen molar-refractivity contribution >= 4 is 11.8 Å². The first-order valence-electron chi connectivity index (χ1n) is 9.29. The molecule has 1 aliphatic rings. The Bertz CT molecular complexity index is 798. The Hall–Kier alpha value is -2.87. The molecule has 8 nitrogen and oxygen atoms in total. The molecule has 0 saturated heterocycles. The lowest BCUT2D eigenvalue weighted by Gasteiger charge is -2.21. The minimum atomic E-state index is -0.292. The number of rotatable bonds is 10. The molecule has 1 aromatic carbocycles. The Morgan fingerprint density at radius 3 is 2.61 bits per heavy atom. The predicted molar refractivity (Wildman–Crippen MR) is 102 cm³/mol. The van der Waals surface area contributed by atoms with E-state index in [0.29, 0.717) is 31.5 Å². The molecular weight excluding hydrogens is 362 g/mol. The van der Waals surface area contributed by atoms with Gasteiger partial charge in [-0.15, -0.1) is 0 Å². The van der Waals surface area contributed by atoms with E-state index in [9.17, 15) is 9.59 Å². The van der Waals surface area contributed by atoms with Crippen LogP contribution in [0.3, 0.4) is 0 Å². The molecule has 1 N–H and O–H groups in total. The number of amides is 2. The average Bonchev–Trinajstić information content (AvgIpc) is 3.39. The lowest BCUT2D eigenvalue weighted by molar-refractivity contribution is -0.121. The van der Waals surface area contributed by atoms with Crippen molar-refractivity contribution in [2.24, 2.45) is 0 Å². The SMILES string of the molecule is COCCN(CCC(=O)NC1CC1)C(=O)c1cc(-c2ccc(OC)cc2)on1. The molecule has 1 saturated carbocycles. The Labute approximate surface area is 163 Å². The predicted octanol–water partition coefficient (Wildman–Crippen LogP) is 2.11. The Balaban J connectivity index is 1.65. The van der Waals surface area contributed by atoms with Gasteiger partial charge in [0.2, 0.25) is 5.91 Å². The molecule has 0 aliphatic heterocycles. The first kappa shape index (κ1) is 19.9. The van der Waals surface area contributed by atoms with Crippen molar-refractivity contribution in [3.8, 4) is 17.1 Å². The zero-order valence-electron chi connectivity index (χ0n) is 16.1. The van der Waals surface area contributed by atoms with Crippen LogP contribution in [-0.4, -0.2) is 61.8 Å². The van der Waals surface area contributed by atoms with Crippen molar-refractivity contribution in [2.75, 3.05) is 33.9 Å². The number of carbonyl (C=O) groups is 2. The minimum Gasteiger partial charge on any atom is -0.497 e. The number of nitrogens with zero attached hydrogens (tertiary/aromatic N) is 2. The van der Waals surface area contributed by atoms with Crippen LogP contribution in [0.2, 0.25) is 0 Å². The average molecular weight is 387 g/mol. The monoisotopic (exact) mass is 387 g/mol. The van der Waals surface area contributed by atoms with Crippen LogP contribution in [0.4, 0.5) is 0 Å². The highest BCUT2D eigenvalue weighted by Gasteiger charge is 2.25. The van der Waals surface area contributed by atoms with Crippen LogP contribution in [0.15, 0.2) is 34.9 Å². The number of nitrogens with one attached hydrogen (secondary N) is 1. The van der Waals surface area contributed by atoms with E-state index in [1.165, 1.54) is 0 Å². The molecule has 1 fully saturated rings. The highest BCUT2D eigenvalue weighted by molar-refractivity contribution is 5.93. The van der Waals surface area contributed by atoms with Crippen molar-refractivity contribution in [3.63, 3.8) is 0 Å². The van der Waals surface area contributed by atoms with Crippen LogP contribution in [0.1, 0.15) is 29.8 Å². The van der Waals surface area contributed by atoms with E-state index < -0.39 is 0 Å². The van der Waals surface area contributed by atoms with Crippen LogP contribution < -0.4 is 10.1 Å². The lowest BCUT2D eigenvalue weighted by atomic mass is 10.1. The molecule has 1 aliphatic carbocycles. The molecule has 1 heterocycles. The maximum absolute atomic E-state index is 12.8. The van der Waals surface area contributed by atoms with Gasteiger partial charge in [-0.25, -0.2) is 0 Å². The molecular formula is C20H25N3O5. The third-order valence-corrected chi connectivity index (χ3v) is 4.51. The molecule has 1 aromatic heterocycles. The van der Waals surface area contributed by atoms with Crippen molar-refractivity contribution in [1.29, 1.82) is 0 Å². The fourth-order valence-corrected chi connectivity index (χ4v) is 2.71. The molecule has 150 valence electrons. The summed E-state index contributed by atoms with van der Waals surface area (Å²) in [6.07, 6.45) is 2.31. The molecule has 28 heavy (non-hydrogen) atoms. The van der Waals surface area contributed by atoms with Crippen LogP contribution in [0.25, 0.3) is 11.3 Å². The molecule has 8 heteroatoms. The van der Waals surface area contributed by atoms with Crippen molar-refractivity contribution < 1.29 is 23.6 Å². The highest BCUT2D eigenvalue weighted by atomic mass is 16.5. The maximum atomic E-state index is 12.8. The van der Waals surface area contributed by atoms with E-state index in [1.807, 2.05) is 24.3 Å². The van der Waals surface area contributed by atoms with Crippen LogP contribution in [-0.2, 0) is 9.53 Å². The number of ether oxygens (including phenoxy) is 2. The molecule has 3 rings (SSSR count). The molecule has 0 unspecified atom stereocenters. The van der Waals surface area contributed by atoms with Gasteiger partial charge in [-0.3, -0.25) is 9.59 Å². The summed E-state index contributed by atoms with van der Waals surface area (Å²) in [4.78, 5) is 26.3. The Morgan fingerprint density at radius 1 is 1.21 bits per heavy atom. The topological polar surface area (TPSA) is 93.9 Å². The van der Waals surface area contributed by atoms with Crippen LogP contribution in [0.5, 0.6) is 5.75 Å². The number of hydrogen-bond acceptors (Lipinski definition) is 6. The first-order valence-corrected chi connectivity index (χ1v) is 9.29. The smallest absolute Gasteiger partial charge is 0.276 e. The van der Waals surface area contributed by atoms with E-state index in [4.69, 9.17) is 14.0 Å². The molecule has 0 bridgehead atoms. The van der Waals surface area contributed by atoms with E-state index in [0.717, 1.165) is 24.2 Å². The molecule has 0 spiro atoms. The fourth-order valence-electron chi connectivity index (χ4n) is 2.71. The minimum absolute atomic E-state index is 0.0446. The van der Waals surface area contributed by atoms with Gasteiger partial charge in [0, 0.05) is 44.3 Å². The maximum Gasteiger partial charge on any atom is 0.276 e. The van der Waals surface area contributed by atoms with Gasteiger partial charge in [0.05, 0.1) is 13.7 Å². The molecule has 2 aromatic rings. The second-order valence-electron chi connectivity index (χ2n) is 6.68. The van der Waals surface area contributed by atoms with Gasteiger partial charge in [0.1, 0.15) is 5.75 Å². The van der Waals surface area contributed by atoms with Crippen LogP contribution >= 0.6 is 0 Å². The summed E-state index contributed by atoms with van der Waals surface area (Å²) in [6, 6.07) is 9.19. The third kappa shape index (κ3) is 5.32. The van der Waals surface area contributed by atoms with Gasteiger partial charge in [0.25, 0.3) is 5.91 Å². The van der Waals surface area contributed by atoms with E-state index in [-0.39, 0.29) is 23.9 Å². The summed E-state index contributed by atoms with van der Waals surface area (Å²) in [7, 11) is 3.17. The largest absolute Gasteiger partial charge is 0.497 e. The summed E-state index contributed by atoms with van der Waals surface area (Å²) >= 11 is 0. The number of carbonyl (C=O) groups excluding carboxylic acids is 2. The number of aromatic nitrogens is 1. The van der Waals surface area contributed by atoms with Gasteiger partial charge in [-0.1, -0.05) is 5.16 Å². The number of hydrogen-bond donors (Lipinski definition) is 1. The summed E-state index contributed by atoms with van der Waals surface area (Å²) < 4.78 is 15.6. The second-order valence-corrected chi connectivity index (χ2v) is 6.68. The van der Waals surface area contributed by atoms with Gasteiger partial charge in [-0.05, 0) is 37.1 Å².